The molecular weight excluding hydrogens is 399 g/mol. The lowest BCUT2D eigenvalue weighted by molar-refractivity contribution is -0.146. The van der Waals surface area contributed by atoms with Crippen LogP contribution in [0.15, 0.2) is 60.9 Å². The number of nitrogens with one attached hydrogen (secondary N) is 1. The van der Waals surface area contributed by atoms with Crippen molar-refractivity contribution in [2.75, 3.05) is 6.54 Å². The number of amides is 1. The number of para-hydroxylation sites is 2. The number of aromatic nitrogens is 6. The van der Waals surface area contributed by atoms with Crippen molar-refractivity contribution in [3.05, 3.63) is 72.3 Å². The van der Waals surface area contributed by atoms with Gasteiger partial charge in [0.15, 0.2) is 6.04 Å². The van der Waals surface area contributed by atoms with Crippen LogP contribution in [0.1, 0.15) is 17.4 Å². The number of carbonyl (C=O) groups excluding carboxylic acids is 1. The highest BCUT2D eigenvalue weighted by Gasteiger charge is 2.37. The van der Waals surface area contributed by atoms with E-state index in [2.05, 4.69) is 25.8 Å². The Labute approximate surface area is 168 Å². The number of nitrogens with zero attached hydrogens (tertiary/aromatic N) is 6. The maximum Gasteiger partial charge on any atom is 0.449 e. The molecule has 30 heavy (non-hydrogen) atoms. The molecule has 0 aliphatic carbocycles. The number of imidazole rings is 1. The Balaban J connectivity index is 1.55. The first-order chi connectivity index (χ1) is 14.4. The topological polar surface area (TPSA) is 90.5 Å². The van der Waals surface area contributed by atoms with Crippen molar-refractivity contribution in [1.29, 1.82) is 0 Å². The average molecular weight is 415 g/mol. The van der Waals surface area contributed by atoms with Gasteiger partial charge in [0, 0.05) is 13.1 Å². The van der Waals surface area contributed by atoms with Crippen LogP contribution in [0.5, 0.6) is 0 Å². The van der Waals surface area contributed by atoms with Crippen LogP contribution in [0.25, 0.3) is 11.0 Å². The largest absolute Gasteiger partial charge is 0.449 e. The minimum atomic E-state index is -4.61. The van der Waals surface area contributed by atoms with E-state index in [-0.39, 0.29) is 18.6 Å². The summed E-state index contributed by atoms with van der Waals surface area (Å²) in [5.41, 5.74) is 1.23. The van der Waals surface area contributed by atoms with Gasteiger partial charge in [0.1, 0.15) is 6.33 Å². The molecule has 0 saturated carbocycles. The molecule has 1 amide bonds. The SMILES string of the molecule is O=C(NCCn1c(C(F)(F)F)nc2ccccc21)C(c1ccccc1)n1cnnn1. The zero-order valence-electron chi connectivity index (χ0n) is 15.5. The van der Waals surface area contributed by atoms with Crippen molar-refractivity contribution in [1.82, 2.24) is 35.1 Å². The van der Waals surface area contributed by atoms with Crippen molar-refractivity contribution in [3.8, 4) is 0 Å². The molecule has 4 rings (SSSR count). The van der Waals surface area contributed by atoms with Gasteiger partial charge in [0.05, 0.1) is 11.0 Å². The predicted molar refractivity (Wildman–Crippen MR) is 100 cm³/mol. The van der Waals surface area contributed by atoms with Gasteiger partial charge in [0.25, 0.3) is 0 Å². The normalized spacial score (nSPS) is 12.8. The maximum absolute atomic E-state index is 13.4. The Morgan fingerprint density at radius 3 is 2.50 bits per heavy atom. The van der Waals surface area contributed by atoms with Crippen LogP contribution in [0.4, 0.5) is 13.2 Å². The Hall–Kier alpha value is -3.76. The van der Waals surface area contributed by atoms with E-state index in [9.17, 15) is 18.0 Å². The summed E-state index contributed by atoms with van der Waals surface area (Å²) in [5, 5.41) is 13.6. The minimum absolute atomic E-state index is 0.0340. The number of hydrogen-bond acceptors (Lipinski definition) is 5. The van der Waals surface area contributed by atoms with E-state index in [1.165, 1.54) is 17.1 Å². The van der Waals surface area contributed by atoms with E-state index in [0.717, 1.165) is 4.57 Å². The van der Waals surface area contributed by atoms with Crippen molar-refractivity contribution in [2.24, 2.45) is 0 Å². The molecule has 8 nitrogen and oxygen atoms in total. The molecule has 154 valence electrons. The lowest BCUT2D eigenvalue weighted by Crippen LogP contribution is -2.36. The number of benzene rings is 2. The van der Waals surface area contributed by atoms with Crippen LogP contribution in [0, 0.1) is 0 Å². The molecular formula is C19H16F3N7O. The number of tetrazole rings is 1. The van der Waals surface area contributed by atoms with E-state index in [1.54, 1.807) is 48.5 Å². The molecule has 0 saturated heterocycles. The van der Waals surface area contributed by atoms with Gasteiger partial charge in [-0.05, 0) is 28.1 Å². The molecule has 0 aliphatic heterocycles. The second kappa shape index (κ2) is 7.93. The van der Waals surface area contributed by atoms with Gasteiger partial charge in [-0.2, -0.15) is 13.2 Å². The third-order valence-corrected chi connectivity index (χ3v) is 4.54. The maximum atomic E-state index is 13.4. The highest BCUT2D eigenvalue weighted by Crippen LogP contribution is 2.31. The van der Waals surface area contributed by atoms with E-state index in [1.807, 2.05) is 0 Å². The number of hydrogen-bond donors (Lipinski definition) is 1. The van der Waals surface area contributed by atoms with Crippen LogP contribution in [-0.4, -0.2) is 42.2 Å². The van der Waals surface area contributed by atoms with Crippen molar-refractivity contribution < 1.29 is 18.0 Å². The van der Waals surface area contributed by atoms with Crippen LogP contribution >= 0.6 is 0 Å². The fourth-order valence-corrected chi connectivity index (χ4v) is 3.25. The molecule has 2 aromatic carbocycles. The molecule has 4 aromatic rings. The third-order valence-electron chi connectivity index (χ3n) is 4.54. The van der Waals surface area contributed by atoms with Gasteiger partial charge in [-0.25, -0.2) is 9.67 Å². The lowest BCUT2D eigenvalue weighted by Gasteiger charge is -2.17. The van der Waals surface area contributed by atoms with Crippen molar-refractivity contribution >= 4 is 16.9 Å². The number of alkyl halides is 3. The molecule has 2 aromatic heterocycles. The van der Waals surface area contributed by atoms with Crippen molar-refractivity contribution in [3.63, 3.8) is 0 Å². The lowest BCUT2D eigenvalue weighted by atomic mass is 10.1. The number of rotatable bonds is 6. The third kappa shape index (κ3) is 3.86. The quantitative estimate of drug-likeness (QED) is 0.523. The highest BCUT2D eigenvalue weighted by molar-refractivity contribution is 5.83. The minimum Gasteiger partial charge on any atom is -0.352 e. The second-order valence-corrected chi connectivity index (χ2v) is 6.47. The molecule has 2 heterocycles. The summed E-state index contributed by atoms with van der Waals surface area (Å²) < 4.78 is 42.6. The molecule has 0 fully saturated rings. The fraction of sp³-hybridized carbons (Fsp3) is 0.211. The highest BCUT2D eigenvalue weighted by atomic mass is 19.4. The summed E-state index contributed by atoms with van der Waals surface area (Å²) >= 11 is 0. The zero-order valence-corrected chi connectivity index (χ0v) is 15.5. The van der Waals surface area contributed by atoms with E-state index < -0.39 is 23.9 Å². The van der Waals surface area contributed by atoms with Gasteiger partial charge in [0.2, 0.25) is 11.7 Å². The van der Waals surface area contributed by atoms with Crippen molar-refractivity contribution in [2.45, 2.75) is 18.8 Å². The van der Waals surface area contributed by atoms with Gasteiger partial charge in [-0.1, -0.05) is 42.5 Å². The van der Waals surface area contributed by atoms with E-state index in [0.29, 0.717) is 11.1 Å². The monoisotopic (exact) mass is 415 g/mol. The molecule has 1 atom stereocenters. The molecule has 0 bridgehead atoms. The van der Waals surface area contributed by atoms with Crippen LogP contribution in [0.2, 0.25) is 0 Å². The molecule has 1 N–H and O–H groups in total. The molecule has 1 unspecified atom stereocenters. The number of carbonyl (C=O) groups is 1. The molecule has 0 spiro atoms. The zero-order chi connectivity index (χ0) is 21.1. The Kier molecular flexibility index (Phi) is 5.17. The average Bonchev–Trinajstić information content (AvgIpc) is 3.37. The summed E-state index contributed by atoms with van der Waals surface area (Å²) in [4.78, 5) is 16.5. The van der Waals surface area contributed by atoms with Gasteiger partial charge >= 0.3 is 6.18 Å². The first kappa shape index (κ1) is 19.6. The van der Waals surface area contributed by atoms with E-state index in [4.69, 9.17) is 0 Å². The number of fused-ring (bicyclic) bond motifs is 1. The van der Waals surface area contributed by atoms with E-state index >= 15 is 0 Å². The van der Waals surface area contributed by atoms with Crippen LogP contribution in [0.3, 0.4) is 0 Å². The Bertz CT molecular complexity index is 1140. The Morgan fingerprint density at radius 1 is 1.07 bits per heavy atom. The first-order valence-electron chi connectivity index (χ1n) is 9.03. The summed E-state index contributed by atoms with van der Waals surface area (Å²) in [6.07, 6.45) is -3.30. The fourth-order valence-electron chi connectivity index (χ4n) is 3.25. The number of halogens is 3. The van der Waals surface area contributed by atoms with Crippen LogP contribution in [-0.2, 0) is 17.5 Å². The van der Waals surface area contributed by atoms with Gasteiger partial charge < -0.3 is 9.88 Å². The first-order valence-corrected chi connectivity index (χ1v) is 9.03. The molecule has 0 radical (unpaired) electrons. The standard InChI is InChI=1S/C19H16F3N7O/c20-19(21,22)18-25-14-8-4-5-9-15(14)28(18)11-10-23-17(30)16(29-12-24-26-27-29)13-6-2-1-3-7-13/h1-9,12,16H,10-11H2,(H,23,30). The summed E-state index contributed by atoms with van der Waals surface area (Å²) in [6, 6.07) is 14.3. The van der Waals surface area contributed by atoms with Gasteiger partial charge in [-0.15, -0.1) is 5.10 Å². The smallest absolute Gasteiger partial charge is 0.352 e. The summed E-state index contributed by atoms with van der Waals surface area (Å²) in [7, 11) is 0. The van der Waals surface area contributed by atoms with Crippen LogP contribution < -0.4 is 5.32 Å². The predicted octanol–water partition coefficient (Wildman–Crippen LogP) is 2.45. The molecule has 0 aliphatic rings. The summed E-state index contributed by atoms with van der Waals surface area (Å²) in [5.74, 6) is -1.44. The Morgan fingerprint density at radius 2 is 1.80 bits per heavy atom. The second-order valence-electron chi connectivity index (χ2n) is 6.47. The van der Waals surface area contributed by atoms with Gasteiger partial charge in [-0.3, -0.25) is 4.79 Å². The molecule has 11 heteroatoms. The summed E-state index contributed by atoms with van der Waals surface area (Å²) in [6.45, 7) is -0.133.